The molecular formula is C16H15N5O. The Kier molecular flexibility index (Phi) is 3.65. The molecule has 0 aromatic carbocycles. The molecule has 3 rings (SSSR count). The maximum atomic E-state index is 12.3. The van der Waals surface area contributed by atoms with Crippen molar-refractivity contribution in [2.75, 3.05) is 5.32 Å². The molecule has 3 aromatic rings. The number of aryl methyl sites for hydroxylation is 1. The van der Waals surface area contributed by atoms with Gasteiger partial charge in [-0.3, -0.25) is 4.79 Å². The molecule has 0 aliphatic heterocycles. The molecule has 0 fully saturated rings. The molecular weight excluding hydrogens is 278 g/mol. The molecule has 3 heterocycles. The summed E-state index contributed by atoms with van der Waals surface area (Å²) in [5.74, 6) is 0.948. The minimum absolute atomic E-state index is 0.240. The molecule has 0 radical (unpaired) electrons. The molecule has 0 bridgehead atoms. The Labute approximate surface area is 127 Å². The number of nitrogens with zero attached hydrogens (tertiary/aromatic N) is 4. The van der Waals surface area contributed by atoms with Crippen LogP contribution in [0, 0.1) is 13.8 Å². The van der Waals surface area contributed by atoms with Gasteiger partial charge in [0.25, 0.3) is 5.91 Å². The lowest BCUT2D eigenvalue weighted by Gasteiger charge is -2.05. The van der Waals surface area contributed by atoms with Crippen molar-refractivity contribution >= 4 is 11.7 Å². The van der Waals surface area contributed by atoms with E-state index in [0.717, 1.165) is 11.3 Å². The highest BCUT2D eigenvalue weighted by atomic mass is 16.1. The van der Waals surface area contributed by atoms with E-state index in [1.165, 1.54) is 6.20 Å². The molecule has 1 N–H and O–H groups in total. The Balaban J connectivity index is 1.85. The number of hydrogen-bond acceptors (Lipinski definition) is 4. The second-order valence-corrected chi connectivity index (χ2v) is 4.92. The average molecular weight is 293 g/mol. The molecule has 0 atom stereocenters. The number of rotatable bonds is 3. The quantitative estimate of drug-likeness (QED) is 0.805. The number of aromatic nitrogens is 4. The average Bonchev–Trinajstić information content (AvgIpc) is 2.92. The van der Waals surface area contributed by atoms with Crippen LogP contribution in [0.3, 0.4) is 0 Å². The maximum absolute atomic E-state index is 12.3. The van der Waals surface area contributed by atoms with Crippen molar-refractivity contribution in [3.63, 3.8) is 0 Å². The van der Waals surface area contributed by atoms with Crippen LogP contribution in [0.1, 0.15) is 21.6 Å². The monoisotopic (exact) mass is 293 g/mol. The molecule has 0 unspecified atom stereocenters. The smallest absolute Gasteiger partial charge is 0.260 e. The predicted octanol–water partition coefficient (Wildman–Crippen LogP) is 2.53. The van der Waals surface area contributed by atoms with Crippen LogP contribution in [-0.4, -0.2) is 25.7 Å². The van der Waals surface area contributed by atoms with E-state index in [0.29, 0.717) is 17.2 Å². The Morgan fingerprint density at radius 2 is 1.95 bits per heavy atom. The largest absolute Gasteiger partial charge is 0.306 e. The Morgan fingerprint density at radius 3 is 2.64 bits per heavy atom. The predicted molar refractivity (Wildman–Crippen MR) is 83.0 cm³/mol. The maximum Gasteiger partial charge on any atom is 0.260 e. The standard InChI is InChI=1S/C16H15N5O/c1-11-6-7-14(18-9-11)20-16(22)13-10-19-21(12(13)2)15-5-3-4-8-17-15/h3-10H,1-2H3,(H,18,20,22). The van der Waals surface area contributed by atoms with Gasteiger partial charge in [0.2, 0.25) is 0 Å². The van der Waals surface area contributed by atoms with Crippen LogP contribution in [0.2, 0.25) is 0 Å². The number of pyridine rings is 2. The lowest BCUT2D eigenvalue weighted by Crippen LogP contribution is -2.14. The van der Waals surface area contributed by atoms with Gasteiger partial charge in [-0.05, 0) is 37.6 Å². The minimum atomic E-state index is -0.240. The van der Waals surface area contributed by atoms with E-state index in [-0.39, 0.29) is 5.91 Å². The van der Waals surface area contributed by atoms with Gasteiger partial charge in [0.05, 0.1) is 17.5 Å². The van der Waals surface area contributed by atoms with Crippen molar-refractivity contribution in [1.29, 1.82) is 0 Å². The fourth-order valence-corrected chi connectivity index (χ4v) is 2.07. The van der Waals surface area contributed by atoms with E-state index in [1.807, 2.05) is 38.1 Å². The molecule has 0 saturated carbocycles. The summed E-state index contributed by atoms with van der Waals surface area (Å²) in [6.45, 7) is 3.78. The summed E-state index contributed by atoms with van der Waals surface area (Å²) in [4.78, 5) is 20.7. The highest BCUT2D eigenvalue weighted by Crippen LogP contribution is 2.14. The molecule has 6 heteroatoms. The molecule has 0 aliphatic rings. The van der Waals surface area contributed by atoms with Crippen LogP contribution in [0.25, 0.3) is 5.82 Å². The Morgan fingerprint density at radius 1 is 1.09 bits per heavy atom. The SMILES string of the molecule is Cc1ccc(NC(=O)c2cnn(-c3ccccn3)c2C)nc1. The fourth-order valence-electron chi connectivity index (χ4n) is 2.07. The molecule has 3 aromatic heterocycles. The first kappa shape index (κ1) is 13.9. The zero-order chi connectivity index (χ0) is 15.5. The van der Waals surface area contributed by atoms with E-state index in [9.17, 15) is 4.79 Å². The van der Waals surface area contributed by atoms with Crippen molar-refractivity contribution in [2.45, 2.75) is 13.8 Å². The van der Waals surface area contributed by atoms with E-state index >= 15 is 0 Å². The van der Waals surface area contributed by atoms with E-state index in [2.05, 4.69) is 20.4 Å². The van der Waals surface area contributed by atoms with E-state index < -0.39 is 0 Å². The molecule has 0 aliphatic carbocycles. The van der Waals surface area contributed by atoms with Crippen molar-refractivity contribution < 1.29 is 4.79 Å². The molecule has 0 saturated heterocycles. The first-order valence-electron chi connectivity index (χ1n) is 6.85. The minimum Gasteiger partial charge on any atom is -0.306 e. The van der Waals surface area contributed by atoms with Crippen LogP contribution >= 0.6 is 0 Å². The third kappa shape index (κ3) is 2.71. The first-order valence-corrected chi connectivity index (χ1v) is 6.85. The summed E-state index contributed by atoms with van der Waals surface area (Å²) in [6, 6.07) is 9.21. The number of amides is 1. The van der Waals surface area contributed by atoms with Gasteiger partial charge in [0.15, 0.2) is 5.82 Å². The van der Waals surface area contributed by atoms with Crippen LogP contribution in [0.4, 0.5) is 5.82 Å². The van der Waals surface area contributed by atoms with Crippen molar-refractivity contribution in [3.8, 4) is 5.82 Å². The van der Waals surface area contributed by atoms with Gasteiger partial charge in [-0.1, -0.05) is 12.1 Å². The summed E-state index contributed by atoms with van der Waals surface area (Å²) in [5.41, 5.74) is 2.26. The lowest BCUT2D eigenvalue weighted by molar-refractivity contribution is 0.102. The van der Waals surface area contributed by atoms with Gasteiger partial charge in [0.1, 0.15) is 5.82 Å². The molecule has 0 spiro atoms. The zero-order valence-corrected chi connectivity index (χ0v) is 12.3. The molecule has 110 valence electrons. The van der Waals surface area contributed by atoms with Gasteiger partial charge in [-0.15, -0.1) is 0 Å². The fraction of sp³-hybridized carbons (Fsp3) is 0.125. The summed E-state index contributed by atoms with van der Waals surface area (Å²) in [6.07, 6.45) is 4.93. The number of carbonyl (C=O) groups is 1. The van der Waals surface area contributed by atoms with Crippen molar-refractivity contribution in [3.05, 3.63) is 65.7 Å². The number of anilines is 1. The van der Waals surface area contributed by atoms with Gasteiger partial charge in [-0.25, -0.2) is 14.6 Å². The number of hydrogen-bond donors (Lipinski definition) is 1. The lowest BCUT2D eigenvalue weighted by atomic mass is 10.2. The van der Waals surface area contributed by atoms with Crippen LogP contribution in [0.15, 0.2) is 48.9 Å². The van der Waals surface area contributed by atoms with Crippen LogP contribution in [0.5, 0.6) is 0 Å². The summed E-state index contributed by atoms with van der Waals surface area (Å²) < 4.78 is 1.64. The summed E-state index contributed by atoms with van der Waals surface area (Å²) in [7, 11) is 0. The molecule has 22 heavy (non-hydrogen) atoms. The molecule has 6 nitrogen and oxygen atoms in total. The third-order valence-electron chi connectivity index (χ3n) is 3.27. The second kappa shape index (κ2) is 5.77. The summed E-state index contributed by atoms with van der Waals surface area (Å²) in [5, 5.41) is 7.00. The van der Waals surface area contributed by atoms with Crippen molar-refractivity contribution in [1.82, 2.24) is 19.7 Å². The highest BCUT2D eigenvalue weighted by molar-refractivity contribution is 6.04. The van der Waals surface area contributed by atoms with E-state index in [4.69, 9.17) is 0 Å². The van der Waals surface area contributed by atoms with Gasteiger partial charge >= 0.3 is 0 Å². The number of carbonyl (C=O) groups excluding carboxylic acids is 1. The summed E-state index contributed by atoms with van der Waals surface area (Å²) >= 11 is 0. The first-order chi connectivity index (χ1) is 10.6. The normalized spacial score (nSPS) is 10.5. The van der Waals surface area contributed by atoms with Gasteiger partial charge in [-0.2, -0.15) is 5.10 Å². The Bertz CT molecular complexity index is 793. The van der Waals surface area contributed by atoms with Crippen LogP contribution < -0.4 is 5.32 Å². The Hall–Kier alpha value is -3.02. The topological polar surface area (TPSA) is 72.7 Å². The van der Waals surface area contributed by atoms with Gasteiger partial charge in [0, 0.05) is 12.4 Å². The van der Waals surface area contributed by atoms with E-state index in [1.54, 1.807) is 23.1 Å². The third-order valence-corrected chi connectivity index (χ3v) is 3.27. The van der Waals surface area contributed by atoms with Crippen molar-refractivity contribution in [2.24, 2.45) is 0 Å². The van der Waals surface area contributed by atoms with Gasteiger partial charge < -0.3 is 5.32 Å². The highest BCUT2D eigenvalue weighted by Gasteiger charge is 2.16. The zero-order valence-electron chi connectivity index (χ0n) is 12.3. The molecule has 1 amide bonds. The number of nitrogens with one attached hydrogen (secondary N) is 1. The second-order valence-electron chi connectivity index (χ2n) is 4.92. The van der Waals surface area contributed by atoms with Crippen LogP contribution in [-0.2, 0) is 0 Å².